The Labute approximate surface area is 152 Å². The molecule has 4 heteroatoms. The van der Waals surface area contributed by atoms with Crippen LogP contribution in [0.3, 0.4) is 0 Å². The van der Waals surface area contributed by atoms with Crippen molar-refractivity contribution in [3.05, 3.63) is 82.1 Å². The zero-order valence-electron chi connectivity index (χ0n) is 14.9. The number of methoxy groups -OCH3 is 1. The number of hydrogen-bond acceptors (Lipinski definition) is 4. The highest BCUT2D eigenvalue weighted by Gasteiger charge is 2.41. The first kappa shape index (κ1) is 16.3. The second-order valence-electron chi connectivity index (χ2n) is 6.59. The van der Waals surface area contributed by atoms with Crippen molar-refractivity contribution in [3.63, 3.8) is 0 Å². The van der Waals surface area contributed by atoms with Crippen molar-refractivity contribution in [3.8, 4) is 5.75 Å². The van der Waals surface area contributed by atoms with Gasteiger partial charge in [-0.05, 0) is 31.5 Å². The summed E-state index contributed by atoms with van der Waals surface area (Å²) in [6, 6.07) is 15.1. The molecule has 0 spiro atoms. The topological polar surface area (TPSA) is 55.4 Å². The largest absolute Gasteiger partial charge is 0.497 e. The molecule has 1 aliphatic carbocycles. The van der Waals surface area contributed by atoms with Gasteiger partial charge in [0.2, 0.25) is 0 Å². The molecule has 1 aliphatic heterocycles. The average Bonchev–Trinajstić information content (AvgIpc) is 2.93. The van der Waals surface area contributed by atoms with Gasteiger partial charge in [-0.15, -0.1) is 0 Å². The van der Waals surface area contributed by atoms with Gasteiger partial charge in [-0.25, -0.2) is 0 Å². The molecular weight excluding hydrogens is 326 g/mol. The Morgan fingerprint density at radius 1 is 1.04 bits per heavy atom. The van der Waals surface area contributed by atoms with E-state index in [0.717, 1.165) is 28.3 Å². The third-order valence-electron chi connectivity index (χ3n) is 5.08. The van der Waals surface area contributed by atoms with Gasteiger partial charge in [0.15, 0.2) is 11.6 Å². The Hall–Kier alpha value is -3.14. The van der Waals surface area contributed by atoms with Gasteiger partial charge < -0.3 is 10.1 Å². The van der Waals surface area contributed by atoms with E-state index in [2.05, 4.69) is 5.32 Å². The highest BCUT2D eigenvalue weighted by atomic mass is 16.5. The lowest BCUT2D eigenvalue weighted by molar-refractivity contribution is -0.113. The number of ketones is 2. The molecule has 0 aromatic heterocycles. The van der Waals surface area contributed by atoms with E-state index in [1.807, 2.05) is 55.5 Å². The van der Waals surface area contributed by atoms with E-state index < -0.39 is 0 Å². The summed E-state index contributed by atoms with van der Waals surface area (Å²) in [7, 11) is 1.61. The molecule has 4 nitrogen and oxygen atoms in total. The second kappa shape index (κ2) is 5.99. The molecule has 1 N–H and O–H groups in total. The lowest BCUT2D eigenvalue weighted by Crippen LogP contribution is -2.27. The van der Waals surface area contributed by atoms with Gasteiger partial charge in [0, 0.05) is 33.9 Å². The molecule has 1 atom stereocenters. The van der Waals surface area contributed by atoms with Crippen molar-refractivity contribution in [1.29, 1.82) is 0 Å². The van der Waals surface area contributed by atoms with Crippen LogP contribution in [0.5, 0.6) is 5.75 Å². The number of carbonyl (C=O) groups is 2. The SMILES string of the molecule is COc1ccc(C2C(C(C)=O)=C(C)NC3=C2C(=O)c2ccccc23)cc1. The monoisotopic (exact) mass is 345 g/mol. The number of fused-ring (bicyclic) bond motifs is 2. The molecule has 0 bridgehead atoms. The molecule has 1 unspecified atom stereocenters. The van der Waals surface area contributed by atoms with Crippen molar-refractivity contribution in [2.24, 2.45) is 0 Å². The van der Waals surface area contributed by atoms with Gasteiger partial charge in [0.05, 0.1) is 12.8 Å². The molecule has 0 saturated carbocycles. The zero-order valence-corrected chi connectivity index (χ0v) is 14.9. The first-order valence-electron chi connectivity index (χ1n) is 8.54. The van der Waals surface area contributed by atoms with Crippen molar-refractivity contribution >= 4 is 17.3 Å². The average molecular weight is 345 g/mol. The van der Waals surface area contributed by atoms with E-state index in [0.29, 0.717) is 16.7 Å². The first-order chi connectivity index (χ1) is 12.5. The number of carbonyl (C=O) groups excluding carboxylic acids is 2. The number of dihydropyridines is 1. The molecule has 1 heterocycles. The molecule has 2 aromatic rings. The minimum absolute atomic E-state index is 0.0184. The van der Waals surface area contributed by atoms with Crippen LogP contribution in [0.15, 0.2) is 65.4 Å². The molecular formula is C22H19NO3. The predicted octanol–water partition coefficient (Wildman–Crippen LogP) is 3.85. The Bertz CT molecular complexity index is 996. The van der Waals surface area contributed by atoms with Crippen LogP contribution in [-0.4, -0.2) is 18.7 Å². The van der Waals surface area contributed by atoms with Crippen molar-refractivity contribution < 1.29 is 14.3 Å². The van der Waals surface area contributed by atoms with Crippen LogP contribution in [0.2, 0.25) is 0 Å². The molecule has 4 rings (SSSR count). The highest BCUT2D eigenvalue weighted by Crippen LogP contribution is 2.46. The van der Waals surface area contributed by atoms with E-state index in [1.165, 1.54) is 0 Å². The summed E-state index contributed by atoms with van der Waals surface area (Å²) in [5.41, 5.74) is 5.37. The molecule has 2 aliphatic rings. The summed E-state index contributed by atoms with van der Waals surface area (Å²) in [6.45, 7) is 3.44. The molecule has 130 valence electrons. The number of ether oxygens (including phenoxy) is 1. The fourth-order valence-electron chi connectivity index (χ4n) is 3.93. The van der Waals surface area contributed by atoms with Gasteiger partial charge >= 0.3 is 0 Å². The predicted molar refractivity (Wildman–Crippen MR) is 99.9 cm³/mol. The second-order valence-corrected chi connectivity index (χ2v) is 6.59. The smallest absolute Gasteiger partial charge is 0.192 e. The van der Waals surface area contributed by atoms with Gasteiger partial charge in [-0.1, -0.05) is 36.4 Å². The summed E-state index contributed by atoms with van der Waals surface area (Å²) in [6.07, 6.45) is 0. The van der Waals surface area contributed by atoms with Gasteiger partial charge in [0.1, 0.15) is 5.75 Å². The molecule has 0 saturated heterocycles. The quantitative estimate of drug-likeness (QED) is 0.918. The number of hydrogen-bond donors (Lipinski definition) is 1. The number of rotatable bonds is 3. The maximum absolute atomic E-state index is 13.2. The normalized spacial score (nSPS) is 18.4. The van der Waals surface area contributed by atoms with Crippen LogP contribution >= 0.6 is 0 Å². The van der Waals surface area contributed by atoms with Crippen LogP contribution in [0.4, 0.5) is 0 Å². The molecule has 26 heavy (non-hydrogen) atoms. The Morgan fingerprint density at radius 3 is 2.31 bits per heavy atom. The van der Waals surface area contributed by atoms with E-state index in [1.54, 1.807) is 14.0 Å². The summed E-state index contributed by atoms with van der Waals surface area (Å²) >= 11 is 0. The molecule has 0 fully saturated rings. The lowest BCUT2D eigenvalue weighted by Gasteiger charge is -2.29. The van der Waals surface area contributed by atoms with E-state index in [4.69, 9.17) is 4.74 Å². The standard InChI is InChI=1S/C22H19NO3/c1-12-18(13(2)24)19(14-8-10-15(26-3)11-9-14)20-21(23-12)16-6-4-5-7-17(16)22(20)25/h4-11,19,23H,1-3H3. The molecule has 2 aromatic carbocycles. The fraction of sp³-hybridized carbons (Fsp3) is 0.182. The van der Waals surface area contributed by atoms with Crippen LogP contribution < -0.4 is 10.1 Å². The zero-order chi connectivity index (χ0) is 18.4. The summed E-state index contributed by atoms with van der Waals surface area (Å²) < 4.78 is 5.24. The van der Waals surface area contributed by atoms with E-state index in [-0.39, 0.29) is 17.5 Å². The lowest BCUT2D eigenvalue weighted by atomic mass is 9.78. The number of nitrogens with one attached hydrogen (secondary N) is 1. The van der Waals surface area contributed by atoms with Gasteiger partial charge in [-0.2, -0.15) is 0 Å². The first-order valence-corrected chi connectivity index (χ1v) is 8.54. The minimum atomic E-state index is -0.380. The Kier molecular flexibility index (Phi) is 3.76. The summed E-state index contributed by atoms with van der Waals surface area (Å²) in [5.74, 6) is 0.304. The van der Waals surface area contributed by atoms with Crippen LogP contribution in [-0.2, 0) is 4.79 Å². The summed E-state index contributed by atoms with van der Waals surface area (Å²) in [4.78, 5) is 25.6. The fourth-order valence-corrected chi connectivity index (χ4v) is 3.93. The van der Waals surface area contributed by atoms with E-state index >= 15 is 0 Å². The van der Waals surface area contributed by atoms with Crippen molar-refractivity contribution in [2.45, 2.75) is 19.8 Å². The summed E-state index contributed by atoms with van der Waals surface area (Å²) in [5, 5.41) is 3.31. The Morgan fingerprint density at radius 2 is 1.69 bits per heavy atom. The van der Waals surface area contributed by atoms with Crippen molar-refractivity contribution in [1.82, 2.24) is 5.32 Å². The maximum Gasteiger partial charge on any atom is 0.192 e. The third kappa shape index (κ3) is 2.30. The van der Waals surface area contributed by atoms with Crippen LogP contribution in [0.1, 0.15) is 41.3 Å². The van der Waals surface area contributed by atoms with Gasteiger partial charge in [0.25, 0.3) is 0 Å². The number of Topliss-reactive ketones (excluding diaryl/α,β-unsaturated/α-hetero) is 2. The number of benzene rings is 2. The van der Waals surface area contributed by atoms with Crippen LogP contribution in [0, 0.1) is 0 Å². The van der Waals surface area contributed by atoms with Crippen molar-refractivity contribution in [2.75, 3.05) is 7.11 Å². The molecule has 0 amide bonds. The Balaban J connectivity index is 1.93. The highest BCUT2D eigenvalue weighted by molar-refractivity contribution is 6.23. The molecule has 0 radical (unpaired) electrons. The minimum Gasteiger partial charge on any atom is -0.497 e. The van der Waals surface area contributed by atoms with Gasteiger partial charge in [-0.3, -0.25) is 9.59 Å². The third-order valence-corrected chi connectivity index (χ3v) is 5.08. The maximum atomic E-state index is 13.2. The van der Waals surface area contributed by atoms with E-state index in [9.17, 15) is 9.59 Å². The number of allylic oxidation sites excluding steroid dienone is 3. The van der Waals surface area contributed by atoms with Crippen LogP contribution in [0.25, 0.3) is 5.70 Å².